The first-order valence-corrected chi connectivity index (χ1v) is 6.84. The van der Waals surface area contributed by atoms with Crippen LogP contribution in [-0.4, -0.2) is 4.98 Å². The minimum Gasteiger partial charge on any atom is -0.297 e. The molecule has 2 N–H and O–H groups in total. The Morgan fingerprint density at radius 3 is 2.52 bits per heavy atom. The number of alkyl halides is 3. The zero-order valence-corrected chi connectivity index (χ0v) is 12.3. The molecule has 110 valence electrons. The average Bonchev–Trinajstić information content (AvgIpc) is 2.84. The van der Waals surface area contributed by atoms with Crippen molar-refractivity contribution in [3.63, 3.8) is 0 Å². The number of rotatable bonds is 3. The number of halogens is 5. The Kier molecular flexibility index (Phi) is 4.46. The summed E-state index contributed by atoms with van der Waals surface area (Å²) in [6.45, 7) is 0. The predicted molar refractivity (Wildman–Crippen MR) is 75.5 cm³/mol. The maximum Gasteiger partial charge on any atom is 0.435 e. The smallest absolute Gasteiger partial charge is 0.297 e. The third-order valence-corrected chi connectivity index (χ3v) is 3.95. The lowest BCUT2D eigenvalue weighted by molar-refractivity contribution is -0.140. The molecule has 0 atom stereocenters. The maximum absolute atomic E-state index is 12.6. The van der Waals surface area contributed by atoms with E-state index in [4.69, 9.17) is 28.5 Å². The summed E-state index contributed by atoms with van der Waals surface area (Å²) in [5.41, 5.74) is 4.19. The Labute approximate surface area is 131 Å². The number of hydrogen-bond donors (Lipinski definition) is 2. The van der Waals surface area contributed by atoms with Crippen LogP contribution in [-0.2, 0) is 6.18 Å². The second kappa shape index (κ2) is 5.97. The van der Waals surface area contributed by atoms with E-state index in [1.807, 2.05) is 0 Å². The van der Waals surface area contributed by atoms with Gasteiger partial charge in [0, 0.05) is 0 Å². The van der Waals surface area contributed by atoms with Crippen LogP contribution in [0.3, 0.4) is 0 Å². The van der Waals surface area contributed by atoms with E-state index in [0.717, 1.165) is 0 Å². The van der Waals surface area contributed by atoms with Crippen molar-refractivity contribution in [2.45, 2.75) is 6.18 Å². The first-order valence-electron chi connectivity index (χ1n) is 5.27. The van der Waals surface area contributed by atoms with E-state index in [-0.39, 0.29) is 15.2 Å². The average molecular weight is 353 g/mol. The van der Waals surface area contributed by atoms with E-state index in [1.165, 1.54) is 6.07 Å². The number of nitriles is 1. The van der Waals surface area contributed by atoms with Crippen LogP contribution < -0.4 is 10.9 Å². The zero-order valence-electron chi connectivity index (χ0n) is 9.92. The lowest BCUT2D eigenvalue weighted by atomic mass is 10.3. The van der Waals surface area contributed by atoms with Crippen molar-refractivity contribution in [1.82, 2.24) is 4.98 Å². The first-order chi connectivity index (χ1) is 9.82. The summed E-state index contributed by atoms with van der Waals surface area (Å²) in [7, 11) is 0. The van der Waals surface area contributed by atoms with Gasteiger partial charge in [-0.3, -0.25) is 10.9 Å². The first kappa shape index (κ1) is 15.7. The number of aromatic nitrogens is 1. The Balaban J connectivity index is 2.20. The number of hydrogen-bond acceptors (Lipinski definition) is 5. The summed E-state index contributed by atoms with van der Waals surface area (Å²) in [5, 5.41) is 9.08. The van der Waals surface area contributed by atoms with E-state index in [9.17, 15) is 13.2 Å². The van der Waals surface area contributed by atoms with Gasteiger partial charge < -0.3 is 0 Å². The fourth-order valence-electron chi connectivity index (χ4n) is 1.36. The van der Waals surface area contributed by atoms with Gasteiger partial charge in [0.15, 0.2) is 5.69 Å². The van der Waals surface area contributed by atoms with Gasteiger partial charge in [-0.25, -0.2) is 4.98 Å². The molecule has 0 fully saturated rings. The highest BCUT2D eigenvalue weighted by Gasteiger charge is 2.37. The molecule has 0 radical (unpaired) electrons. The van der Waals surface area contributed by atoms with Gasteiger partial charge in [-0.1, -0.05) is 40.6 Å². The largest absolute Gasteiger partial charge is 0.435 e. The molecule has 0 unspecified atom stereocenters. The van der Waals surface area contributed by atoms with Gasteiger partial charge >= 0.3 is 6.18 Å². The fourth-order valence-corrected chi connectivity index (χ4v) is 2.45. The molecule has 0 spiro atoms. The lowest BCUT2D eigenvalue weighted by Gasteiger charge is -2.09. The van der Waals surface area contributed by atoms with Crippen molar-refractivity contribution in [1.29, 1.82) is 5.26 Å². The number of thiazole rings is 1. The van der Waals surface area contributed by atoms with Crippen molar-refractivity contribution in [3.8, 4) is 6.07 Å². The highest BCUT2D eigenvalue weighted by molar-refractivity contribution is 7.16. The van der Waals surface area contributed by atoms with Crippen molar-refractivity contribution in [2.24, 2.45) is 0 Å². The second-order valence-electron chi connectivity index (χ2n) is 3.66. The highest BCUT2D eigenvalue weighted by Crippen LogP contribution is 2.36. The number of nitrogens with zero attached hydrogens (tertiary/aromatic N) is 2. The van der Waals surface area contributed by atoms with Gasteiger partial charge in [0.2, 0.25) is 5.13 Å². The van der Waals surface area contributed by atoms with E-state index in [2.05, 4.69) is 15.8 Å². The third kappa shape index (κ3) is 3.50. The van der Waals surface area contributed by atoms with Crippen molar-refractivity contribution < 1.29 is 13.2 Å². The van der Waals surface area contributed by atoms with Gasteiger partial charge in [-0.15, -0.1) is 0 Å². The number of benzene rings is 1. The summed E-state index contributed by atoms with van der Waals surface area (Å²) in [5.74, 6) is 0. The van der Waals surface area contributed by atoms with Crippen LogP contribution in [0.5, 0.6) is 0 Å². The number of hydrazine groups is 1. The molecule has 21 heavy (non-hydrogen) atoms. The molecule has 2 aromatic rings. The molecule has 1 heterocycles. The fraction of sp³-hybridized carbons (Fsp3) is 0.0909. The van der Waals surface area contributed by atoms with Crippen molar-refractivity contribution >= 4 is 45.4 Å². The standard InChI is InChI=1S/C11H5Cl2F3N4S/c12-5-2-1-3-6(8(5)13)19-20-10-18-9(11(14,15)16)7(4-17)21-10/h1-3,19H,(H,18,20). The molecule has 10 heteroatoms. The molecule has 0 saturated carbocycles. The van der Waals surface area contributed by atoms with Crippen LogP contribution in [0.25, 0.3) is 0 Å². The summed E-state index contributed by atoms with van der Waals surface area (Å²) < 4.78 is 37.9. The van der Waals surface area contributed by atoms with Gasteiger partial charge in [0.25, 0.3) is 0 Å². The van der Waals surface area contributed by atoms with Gasteiger partial charge in [0.05, 0.1) is 15.7 Å². The molecule has 0 aliphatic rings. The molecule has 1 aromatic carbocycles. The monoisotopic (exact) mass is 352 g/mol. The van der Waals surface area contributed by atoms with Crippen molar-refractivity contribution in [2.75, 3.05) is 10.9 Å². The van der Waals surface area contributed by atoms with Crippen LogP contribution in [0.1, 0.15) is 10.6 Å². The molecular formula is C11H5Cl2F3N4S. The number of nitrogens with one attached hydrogen (secondary N) is 2. The quantitative estimate of drug-likeness (QED) is 0.780. The third-order valence-electron chi connectivity index (χ3n) is 2.25. The van der Waals surface area contributed by atoms with Crippen LogP contribution in [0.2, 0.25) is 10.0 Å². The van der Waals surface area contributed by atoms with Crippen LogP contribution in [0, 0.1) is 11.3 Å². The zero-order chi connectivity index (χ0) is 15.6. The van der Waals surface area contributed by atoms with E-state index in [0.29, 0.717) is 17.0 Å². The predicted octanol–water partition coefficient (Wildman–Crippen LogP) is 4.78. The van der Waals surface area contributed by atoms with Gasteiger partial charge in [0.1, 0.15) is 10.9 Å². The summed E-state index contributed by atoms with van der Waals surface area (Å²) in [6.07, 6.45) is -4.69. The molecular weight excluding hydrogens is 348 g/mol. The molecule has 0 bridgehead atoms. The summed E-state index contributed by atoms with van der Waals surface area (Å²) in [6, 6.07) is 6.21. The molecule has 2 rings (SSSR count). The molecule has 4 nitrogen and oxygen atoms in total. The Hall–Kier alpha value is -1.69. The Morgan fingerprint density at radius 1 is 1.24 bits per heavy atom. The lowest BCUT2D eigenvalue weighted by Crippen LogP contribution is -2.11. The molecule has 0 aliphatic heterocycles. The minimum absolute atomic E-state index is 0.116. The van der Waals surface area contributed by atoms with Gasteiger partial charge in [-0.2, -0.15) is 18.4 Å². The van der Waals surface area contributed by atoms with Gasteiger partial charge in [-0.05, 0) is 12.1 Å². The normalized spacial score (nSPS) is 11.0. The van der Waals surface area contributed by atoms with E-state index < -0.39 is 16.7 Å². The highest BCUT2D eigenvalue weighted by atomic mass is 35.5. The van der Waals surface area contributed by atoms with Crippen molar-refractivity contribution in [3.05, 3.63) is 38.8 Å². The topological polar surface area (TPSA) is 60.7 Å². The second-order valence-corrected chi connectivity index (χ2v) is 5.44. The van der Waals surface area contributed by atoms with Crippen LogP contribution in [0.15, 0.2) is 18.2 Å². The summed E-state index contributed by atoms with van der Waals surface area (Å²) >= 11 is 12.3. The minimum atomic E-state index is -4.69. The number of anilines is 2. The Morgan fingerprint density at radius 2 is 1.95 bits per heavy atom. The SMILES string of the molecule is N#Cc1sc(NNc2cccc(Cl)c2Cl)nc1C(F)(F)F. The van der Waals surface area contributed by atoms with Crippen LogP contribution in [0.4, 0.5) is 24.0 Å². The maximum atomic E-state index is 12.6. The molecule has 0 saturated heterocycles. The van der Waals surface area contributed by atoms with E-state index >= 15 is 0 Å². The molecule has 0 aliphatic carbocycles. The van der Waals surface area contributed by atoms with Crippen LogP contribution >= 0.6 is 34.5 Å². The molecule has 0 amide bonds. The summed E-state index contributed by atoms with van der Waals surface area (Å²) in [4.78, 5) is 2.82. The Bertz CT molecular complexity index is 708. The van der Waals surface area contributed by atoms with E-state index in [1.54, 1.807) is 18.2 Å². The molecule has 1 aromatic heterocycles.